The second-order valence-corrected chi connectivity index (χ2v) is 5.79. The minimum Gasteiger partial charge on any atom is -0.321 e. The molecule has 2 rings (SSSR count). The van der Waals surface area contributed by atoms with E-state index in [9.17, 15) is 4.79 Å². The number of carbonyl (C=O) groups is 1. The van der Waals surface area contributed by atoms with E-state index in [0.717, 1.165) is 30.0 Å². The van der Waals surface area contributed by atoms with Crippen LogP contribution in [0.15, 0.2) is 12.3 Å². The van der Waals surface area contributed by atoms with E-state index in [1.165, 1.54) is 0 Å². The monoisotopic (exact) mass is 276 g/mol. The molecule has 1 aromatic rings. The quantitative estimate of drug-likeness (QED) is 0.856. The summed E-state index contributed by atoms with van der Waals surface area (Å²) in [4.78, 5) is 20.9. The van der Waals surface area contributed by atoms with E-state index in [4.69, 9.17) is 0 Å². The molecule has 20 heavy (non-hydrogen) atoms. The number of hydrogen-bond donors (Lipinski definition) is 1. The lowest BCUT2D eigenvalue weighted by Crippen LogP contribution is -2.57. The number of piperazine rings is 1. The van der Waals surface area contributed by atoms with E-state index < -0.39 is 0 Å². The van der Waals surface area contributed by atoms with Crippen LogP contribution in [0, 0.1) is 13.8 Å². The Bertz CT molecular complexity index is 470. The first-order valence-electron chi connectivity index (χ1n) is 7.10. The maximum atomic E-state index is 12.4. The lowest BCUT2D eigenvalue weighted by molar-refractivity contribution is 0.0816. The molecule has 1 N–H and O–H groups in total. The zero-order valence-corrected chi connectivity index (χ0v) is 13.0. The van der Waals surface area contributed by atoms with E-state index >= 15 is 0 Å². The van der Waals surface area contributed by atoms with Crippen LogP contribution in [0.3, 0.4) is 0 Å². The Hall–Kier alpha value is -1.62. The number of carbonyl (C=O) groups excluding carboxylic acids is 1. The molecule has 0 aliphatic carbocycles. The van der Waals surface area contributed by atoms with Crippen molar-refractivity contribution in [3.05, 3.63) is 23.5 Å². The van der Waals surface area contributed by atoms with Crippen molar-refractivity contribution >= 4 is 11.7 Å². The van der Waals surface area contributed by atoms with Crippen molar-refractivity contribution in [3.63, 3.8) is 0 Å². The van der Waals surface area contributed by atoms with Crippen LogP contribution in [0.2, 0.25) is 0 Å². The molecule has 2 amide bonds. The van der Waals surface area contributed by atoms with Crippen molar-refractivity contribution in [1.29, 1.82) is 0 Å². The number of likely N-dealkylation sites (N-methyl/N-ethyl adjacent to an activating group) is 1. The van der Waals surface area contributed by atoms with Crippen LogP contribution in [0.1, 0.15) is 25.1 Å². The highest BCUT2D eigenvalue weighted by Gasteiger charge is 2.29. The summed E-state index contributed by atoms with van der Waals surface area (Å²) in [6, 6.07) is 2.63. The molecule has 1 saturated heterocycles. The van der Waals surface area contributed by atoms with E-state index in [-0.39, 0.29) is 6.03 Å². The van der Waals surface area contributed by atoms with Gasteiger partial charge in [-0.1, -0.05) is 0 Å². The Balaban J connectivity index is 2.09. The highest BCUT2D eigenvalue weighted by molar-refractivity contribution is 5.90. The summed E-state index contributed by atoms with van der Waals surface area (Å²) in [6.07, 6.45) is 1.76. The van der Waals surface area contributed by atoms with E-state index in [0.29, 0.717) is 12.1 Å². The number of urea groups is 1. The second kappa shape index (κ2) is 5.79. The lowest BCUT2D eigenvalue weighted by atomic mass is 10.1. The van der Waals surface area contributed by atoms with Gasteiger partial charge in [0.1, 0.15) is 0 Å². The summed E-state index contributed by atoms with van der Waals surface area (Å²) < 4.78 is 0. The van der Waals surface area contributed by atoms with Crippen molar-refractivity contribution in [2.24, 2.45) is 0 Å². The topological polar surface area (TPSA) is 48.5 Å². The van der Waals surface area contributed by atoms with Gasteiger partial charge in [-0.25, -0.2) is 4.79 Å². The van der Waals surface area contributed by atoms with Crippen LogP contribution >= 0.6 is 0 Å². The molecule has 0 spiro atoms. The standard InChI is InChI=1S/C15H24N4O/c1-10-6-7-16-13(4)14(10)17-15(20)19-8-11(2)18(5)12(3)9-19/h6-7,11-12H,8-9H2,1-5H3,(H,17,20)/t11-,12+. The Labute approximate surface area is 121 Å². The average Bonchev–Trinajstić information content (AvgIpc) is 2.39. The molecule has 2 atom stereocenters. The third-order valence-electron chi connectivity index (χ3n) is 4.23. The normalized spacial score (nSPS) is 23.8. The van der Waals surface area contributed by atoms with E-state index in [1.54, 1.807) is 6.20 Å². The number of rotatable bonds is 1. The summed E-state index contributed by atoms with van der Waals surface area (Å²) in [7, 11) is 2.11. The van der Waals surface area contributed by atoms with Crippen molar-refractivity contribution in [2.45, 2.75) is 39.8 Å². The number of nitrogens with zero attached hydrogens (tertiary/aromatic N) is 3. The molecule has 0 bridgehead atoms. The molecule has 0 unspecified atom stereocenters. The fourth-order valence-corrected chi connectivity index (χ4v) is 2.64. The predicted octanol–water partition coefficient (Wildman–Crippen LogP) is 2.25. The first kappa shape index (κ1) is 14.8. The number of pyridine rings is 1. The Morgan fingerprint density at radius 3 is 2.45 bits per heavy atom. The minimum absolute atomic E-state index is 0.0315. The number of nitrogens with one attached hydrogen (secondary N) is 1. The molecular formula is C15H24N4O. The Morgan fingerprint density at radius 1 is 1.30 bits per heavy atom. The van der Waals surface area contributed by atoms with Crippen molar-refractivity contribution in [1.82, 2.24) is 14.8 Å². The van der Waals surface area contributed by atoms with Gasteiger partial charge in [0.05, 0.1) is 11.4 Å². The van der Waals surface area contributed by atoms with Gasteiger partial charge in [-0.3, -0.25) is 9.88 Å². The molecule has 110 valence electrons. The summed E-state index contributed by atoms with van der Waals surface area (Å²) in [5, 5.41) is 3.01. The molecule has 5 nitrogen and oxygen atoms in total. The molecule has 1 aliphatic rings. The van der Waals surface area contributed by atoms with Gasteiger partial charge in [0.2, 0.25) is 0 Å². The van der Waals surface area contributed by atoms with Gasteiger partial charge in [0.25, 0.3) is 0 Å². The van der Waals surface area contributed by atoms with Crippen molar-refractivity contribution in [2.75, 3.05) is 25.5 Å². The van der Waals surface area contributed by atoms with Gasteiger partial charge in [0, 0.05) is 31.4 Å². The first-order chi connectivity index (χ1) is 9.40. The van der Waals surface area contributed by atoms with Gasteiger partial charge in [0.15, 0.2) is 0 Å². The number of amides is 2. The third kappa shape index (κ3) is 2.93. The van der Waals surface area contributed by atoms with E-state index in [2.05, 4.69) is 36.1 Å². The zero-order chi connectivity index (χ0) is 14.9. The minimum atomic E-state index is -0.0315. The molecule has 0 radical (unpaired) electrons. The number of anilines is 1. The molecule has 5 heteroatoms. The van der Waals surface area contributed by atoms with Gasteiger partial charge in [-0.05, 0) is 46.4 Å². The SMILES string of the molecule is Cc1ccnc(C)c1NC(=O)N1C[C@@H](C)N(C)[C@@H](C)C1. The third-order valence-corrected chi connectivity index (χ3v) is 4.23. The van der Waals surface area contributed by atoms with Crippen LogP contribution in [-0.4, -0.2) is 53.0 Å². The van der Waals surface area contributed by atoms with Crippen LogP contribution in [0.25, 0.3) is 0 Å². The summed E-state index contributed by atoms with van der Waals surface area (Å²) in [6.45, 7) is 9.71. The van der Waals surface area contributed by atoms with Gasteiger partial charge in [-0.15, -0.1) is 0 Å². The summed E-state index contributed by atoms with van der Waals surface area (Å²) >= 11 is 0. The summed E-state index contributed by atoms with van der Waals surface area (Å²) in [5.41, 5.74) is 2.73. The van der Waals surface area contributed by atoms with Gasteiger partial charge in [-0.2, -0.15) is 0 Å². The maximum Gasteiger partial charge on any atom is 0.322 e. The highest BCUT2D eigenvalue weighted by atomic mass is 16.2. The lowest BCUT2D eigenvalue weighted by Gasteiger charge is -2.42. The number of aromatic nitrogens is 1. The van der Waals surface area contributed by atoms with Gasteiger partial charge < -0.3 is 10.2 Å². The largest absolute Gasteiger partial charge is 0.322 e. The smallest absolute Gasteiger partial charge is 0.321 e. The molecule has 0 saturated carbocycles. The zero-order valence-electron chi connectivity index (χ0n) is 13.0. The summed E-state index contributed by atoms with van der Waals surface area (Å²) in [5.74, 6) is 0. The molecule has 2 heterocycles. The van der Waals surface area contributed by atoms with Crippen molar-refractivity contribution < 1.29 is 4.79 Å². The number of aryl methyl sites for hydroxylation is 2. The fourth-order valence-electron chi connectivity index (χ4n) is 2.64. The molecule has 0 aromatic carbocycles. The predicted molar refractivity (Wildman–Crippen MR) is 81.0 cm³/mol. The average molecular weight is 276 g/mol. The first-order valence-corrected chi connectivity index (χ1v) is 7.10. The fraction of sp³-hybridized carbons (Fsp3) is 0.600. The van der Waals surface area contributed by atoms with Crippen LogP contribution in [-0.2, 0) is 0 Å². The molecule has 1 aliphatic heterocycles. The van der Waals surface area contributed by atoms with E-state index in [1.807, 2.05) is 24.8 Å². The van der Waals surface area contributed by atoms with Crippen LogP contribution in [0.4, 0.5) is 10.5 Å². The molecular weight excluding hydrogens is 252 g/mol. The molecule has 1 fully saturated rings. The van der Waals surface area contributed by atoms with Gasteiger partial charge >= 0.3 is 6.03 Å². The maximum absolute atomic E-state index is 12.4. The second-order valence-electron chi connectivity index (χ2n) is 5.79. The van der Waals surface area contributed by atoms with Crippen LogP contribution < -0.4 is 5.32 Å². The highest BCUT2D eigenvalue weighted by Crippen LogP contribution is 2.19. The van der Waals surface area contributed by atoms with Crippen LogP contribution in [0.5, 0.6) is 0 Å². The Kier molecular flexibility index (Phi) is 4.28. The van der Waals surface area contributed by atoms with Crippen molar-refractivity contribution in [3.8, 4) is 0 Å². The Morgan fingerprint density at radius 2 is 1.90 bits per heavy atom. The molecule has 1 aromatic heterocycles. The number of hydrogen-bond acceptors (Lipinski definition) is 3.